The van der Waals surface area contributed by atoms with E-state index in [4.69, 9.17) is 5.73 Å². The van der Waals surface area contributed by atoms with E-state index in [0.717, 1.165) is 12.8 Å². The van der Waals surface area contributed by atoms with Gasteiger partial charge in [-0.05, 0) is 37.8 Å². The van der Waals surface area contributed by atoms with E-state index >= 15 is 0 Å². The van der Waals surface area contributed by atoms with Gasteiger partial charge < -0.3 is 5.73 Å². The van der Waals surface area contributed by atoms with Crippen molar-refractivity contribution in [2.75, 3.05) is 5.73 Å². The highest BCUT2D eigenvalue weighted by Crippen LogP contribution is 2.15. The molecule has 1 aromatic heterocycles. The maximum atomic E-state index is 5.60. The first-order valence-electron chi connectivity index (χ1n) is 6.10. The summed E-state index contributed by atoms with van der Waals surface area (Å²) in [7, 11) is 0. The fourth-order valence-corrected chi connectivity index (χ4v) is 1.98. The van der Waals surface area contributed by atoms with Crippen molar-refractivity contribution >= 4 is 5.82 Å². The molecule has 1 unspecified atom stereocenters. The lowest BCUT2D eigenvalue weighted by Gasteiger charge is -2.11. The molecule has 0 aliphatic carbocycles. The van der Waals surface area contributed by atoms with E-state index in [9.17, 15) is 0 Å². The first-order chi connectivity index (χ1) is 8.25. The minimum Gasteiger partial charge on any atom is -0.382 e. The van der Waals surface area contributed by atoms with E-state index in [2.05, 4.69) is 42.4 Å². The van der Waals surface area contributed by atoms with Gasteiger partial charge >= 0.3 is 0 Å². The summed E-state index contributed by atoms with van der Waals surface area (Å²) in [4.78, 5) is 0. The van der Waals surface area contributed by atoms with Gasteiger partial charge in [0.25, 0.3) is 0 Å². The Hall–Kier alpha value is -1.77. The molecule has 3 nitrogen and oxygen atoms in total. The molecule has 2 N–H and O–H groups in total. The molecule has 0 spiro atoms. The number of anilines is 1. The molecule has 0 bridgehead atoms. The van der Waals surface area contributed by atoms with Crippen LogP contribution in [0.5, 0.6) is 0 Å². The molecular formula is C14H19N3. The Balaban J connectivity index is 1.79. The molecule has 0 fully saturated rings. The molecule has 90 valence electrons. The van der Waals surface area contributed by atoms with Crippen LogP contribution in [0.25, 0.3) is 0 Å². The summed E-state index contributed by atoms with van der Waals surface area (Å²) in [6.07, 6.45) is 5.37. The van der Waals surface area contributed by atoms with Crippen LogP contribution in [-0.2, 0) is 6.42 Å². The molecule has 0 radical (unpaired) electrons. The van der Waals surface area contributed by atoms with Crippen LogP contribution in [0.15, 0.2) is 42.6 Å². The molecule has 0 saturated heterocycles. The summed E-state index contributed by atoms with van der Waals surface area (Å²) in [5, 5.41) is 4.23. The van der Waals surface area contributed by atoms with Crippen LogP contribution < -0.4 is 5.73 Å². The second-order valence-electron chi connectivity index (χ2n) is 4.45. The highest BCUT2D eigenvalue weighted by molar-refractivity contribution is 5.23. The van der Waals surface area contributed by atoms with E-state index < -0.39 is 0 Å². The minimum absolute atomic E-state index is 0.413. The number of hydrogen-bond acceptors (Lipinski definition) is 2. The molecule has 1 atom stereocenters. The Morgan fingerprint density at radius 1 is 1.24 bits per heavy atom. The predicted molar refractivity (Wildman–Crippen MR) is 70.7 cm³/mol. The molecule has 1 aromatic carbocycles. The Morgan fingerprint density at radius 3 is 2.65 bits per heavy atom. The second-order valence-corrected chi connectivity index (χ2v) is 4.45. The van der Waals surface area contributed by atoms with Gasteiger partial charge in [-0.1, -0.05) is 30.3 Å². The minimum atomic E-state index is 0.413. The van der Waals surface area contributed by atoms with Crippen molar-refractivity contribution in [3.63, 3.8) is 0 Å². The van der Waals surface area contributed by atoms with Crippen molar-refractivity contribution < 1.29 is 0 Å². The van der Waals surface area contributed by atoms with Gasteiger partial charge in [-0.2, -0.15) is 5.10 Å². The van der Waals surface area contributed by atoms with Gasteiger partial charge in [0.15, 0.2) is 0 Å². The third-order valence-corrected chi connectivity index (χ3v) is 3.01. The molecule has 1 heterocycles. The normalized spacial score (nSPS) is 12.5. The van der Waals surface area contributed by atoms with Gasteiger partial charge in [0.1, 0.15) is 5.82 Å². The lowest BCUT2D eigenvalue weighted by atomic mass is 10.1. The summed E-state index contributed by atoms with van der Waals surface area (Å²) < 4.78 is 1.94. The standard InChI is InChI=1S/C14H19N3/c1-12(17-11-10-14(15)16-17)6-5-9-13-7-3-2-4-8-13/h2-4,7-8,10-12H,5-6,9H2,1H3,(H2,15,16). The van der Waals surface area contributed by atoms with E-state index in [1.807, 2.05) is 16.9 Å². The van der Waals surface area contributed by atoms with Crippen LogP contribution in [-0.4, -0.2) is 9.78 Å². The summed E-state index contributed by atoms with van der Waals surface area (Å²) in [5.74, 6) is 0.597. The van der Waals surface area contributed by atoms with E-state index in [1.54, 1.807) is 0 Å². The lowest BCUT2D eigenvalue weighted by Crippen LogP contribution is -2.06. The van der Waals surface area contributed by atoms with Gasteiger partial charge in [-0.15, -0.1) is 0 Å². The smallest absolute Gasteiger partial charge is 0.145 e. The second kappa shape index (κ2) is 5.53. The maximum absolute atomic E-state index is 5.60. The van der Waals surface area contributed by atoms with E-state index in [-0.39, 0.29) is 0 Å². The third-order valence-electron chi connectivity index (χ3n) is 3.01. The number of nitrogen functional groups attached to an aromatic ring is 1. The number of rotatable bonds is 5. The predicted octanol–water partition coefficient (Wildman–Crippen LogP) is 3.05. The van der Waals surface area contributed by atoms with Crippen molar-refractivity contribution in [1.82, 2.24) is 9.78 Å². The fourth-order valence-electron chi connectivity index (χ4n) is 1.98. The van der Waals surface area contributed by atoms with Gasteiger partial charge in [0.2, 0.25) is 0 Å². The monoisotopic (exact) mass is 229 g/mol. The summed E-state index contributed by atoms with van der Waals surface area (Å²) >= 11 is 0. The molecule has 2 aromatic rings. The highest BCUT2D eigenvalue weighted by atomic mass is 15.3. The number of aromatic nitrogens is 2. The van der Waals surface area contributed by atoms with Crippen LogP contribution in [0, 0.1) is 0 Å². The lowest BCUT2D eigenvalue weighted by molar-refractivity contribution is 0.447. The fraction of sp³-hybridized carbons (Fsp3) is 0.357. The largest absolute Gasteiger partial charge is 0.382 e. The van der Waals surface area contributed by atoms with Crippen LogP contribution >= 0.6 is 0 Å². The van der Waals surface area contributed by atoms with Crippen molar-refractivity contribution in [1.29, 1.82) is 0 Å². The van der Waals surface area contributed by atoms with Crippen LogP contribution in [0.4, 0.5) is 5.82 Å². The van der Waals surface area contributed by atoms with Gasteiger partial charge in [0, 0.05) is 12.2 Å². The maximum Gasteiger partial charge on any atom is 0.145 e. The zero-order valence-electron chi connectivity index (χ0n) is 10.2. The molecule has 2 rings (SSSR count). The molecular weight excluding hydrogens is 210 g/mol. The quantitative estimate of drug-likeness (QED) is 0.856. The Morgan fingerprint density at radius 2 is 2.00 bits per heavy atom. The van der Waals surface area contributed by atoms with Gasteiger partial charge in [0.05, 0.1) is 0 Å². The highest BCUT2D eigenvalue weighted by Gasteiger charge is 2.05. The molecule has 0 saturated carbocycles. The number of nitrogens with zero attached hydrogens (tertiary/aromatic N) is 2. The molecule has 0 aliphatic heterocycles. The molecule has 17 heavy (non-hydrogen) atoms. The van der Waals surface area contributed by atoms with Crippen LogP contribution in [0.3, 0.4) is 0 Å². The molecule has 0 amide bonds. The molecule has 0 aliphatic rings. The summed E-state index contributed by atoms with van der Waals surface area (Å²) in [6.45, 7) is 2.18. The average Bonchev–Trinajstić information content (AvgIpc) is 2.77. The van der Waals surface area contributed by atoms with Crippen LogP contribution in [0.1, 0.15) is 31.4 Å². The number of nitrogens with two attached hydrogens (primary N) is 1. The zero-order valence-corrected chi connectivity index (χ0v) is 10.2. The Labute approximate surface area is 102 Å². The molecule has 3 heteroatoms. The third kappa shape index (κ3) is 3.34. The SMILES string of the molecule is CC(CCCc1ccccc1)n1ccc(N)n1. The first-order valence-corrected chi connectivity index (χ1v) is 6.10. The van der Waals surface area contributed by atoms with E-state index in [0.29, 0.717) is 11.9 Å². The van der Waals surface area contributed by atoms with Gasteiger partial charge in [-0.3, -0.25) is 4.68 Å². The number of hydrogen-bond donors (Lipinski definition) is 1. The zero-order chi connectivity index (χ0) is 12.1. The van der Waals surface area contributed by atoms with Gasteiger partial charge in [-0.25, -0.2) is 0 Å². The topological polar surface area (TPSA) is 43.8 Å². The van der Waals surface area contributed by atoms with Crippen molar-refractivity contribution in [2.24, 2.45) is 0 Å². The summed E-state index contributed by atoms with van der Waals surface area (Å²) in [5.41, 5.74) is 7.01. The first kappa shape index (κ1) is 11.7. The van der Waals surface area contributed by atoms with Crippen molar-refractivity contribution in [2.45, 2.75) is 32.2 Å². The van der Waals surface area contributed by atoms with Crippen LogP contribution in [0.2, 0.25) is 0 Å². The Kier molecular flexibility index (Phi) is 3.81. The average molecular weight is 229 g/mol. The Bertz CT molecular complexity index is 448. The number of aryl methyl sites for hydroxylation is 1. The van der Waals surface area contributed by atoms with Crippen molar-refractivity contribution in [3.8, 4) is 0 Å². The number of benzene rings is 1. The van der Waals surface area contributed by atoms with Crippen molar-refractivity contribution in [3.05, 3.63) is 48.2 Å². The summed E-state index contributed by atoms with van der Waals surface area (Å²) in [6, 6.07) is 12.8. The van der Waals surface area contributed by atoms with E-state index in [1.165, 1.54) is 12.0 Å².